The summed E-state index contributed by atoms with van der Waals surface area (Å²) in [6.07, 6.45) is 1.36. The second kappa shape index (κ2) is 4.71. The summed E-state index contributed by atoms with van der Waals surface area (Å²) in [5.41, 5.74) is -0.0730. The van der Waals surface area contributed by atoms with Crippen LogP contribution in [0, 0.1) is 0 Å². The van der Waals surface area contributed by atoms with Crippen molar-refractivity contribution in [3.8, 4) is 6.01 Å². The zero-order chi connectivity index (χ0) is 11.4. The van der Waals surface area contributed by atoms with Gasteiger partial charge in [-0.05, 0) is 17.5 Å². The molecule has 0 unspecified atom stereocenters. The van der Waals surface area contributed by atoms with Crippen LogP contribution >= 0.6 is 11.3 Å². The first-order chi connectivity index (χ1) is 7.75. The molecule has 0 aliphatic carbocycles. The minimum absolute atomic E-state index is 0.0730. The second-order valence-electron chi connectivity index (χ2n) is 2.90. The molecule has 0 saturated carbocycles. The third kappa shape index (κ3) is 2.54. The molecule has 82 valence electrons. The van der Waals surface area contributed by atoms with E-state index in [-0.39, 0.29) is 11.7 Å². The van der Waals surface area contributed by atoms with Gasteiger partial charge in [0.2, 0.25) is 0 Å². The largest absolute Gasteiger partial charge is 0.477 e. The van der Waals surface area contributed by atoms with Crippen molar-refractivity contribution < 1.29 is 14.6 Å². The maximum absolute atomic E-state index is 10.6. The first-order valence-corrected chi connectivity index (χ1v) is 5.35. The molecule has 16 heavy (non-hydrogen) atoms. The predicted octanol–water partition coefficient (Wildman–Crippen LogP) is 1.82. The van der Waals surface area contributed by atoms with E-state index < -0.39 is 5.97 Å². The van der Waals surface area contributed by atoms with E-state index in [1.165, 1.54) is 12.3 Å². The maximum Gasteiger partial charge on any atom is 0.354 e. The minimum atomic E-state index is -1.09. The number of hydrogen-bond donors (Lipinski definition) is 1. The summed E-state index contributed by atoms with van der Waals surface area (Å²) in [5, 5.41) is 10.7. The van der Waals surface area contributed by atoms with E-state index in [9.17, 15) is 4.79 Å². The Kier molecular flexibility index (Phi) is 3.11. The highest BCUT2D eigenvalue weighted by atomic mass is 32.1. The van der Waals surface area contributed by atoms with Gasteiger partial charge in [-0.3, -0.25) is 0 Å². The molecule has 0 aliphatic heterocycles. The van der Waals surface area contributed by atoms with Gasteiger partial charge in [0.1, 0.15) is 6.61 Å². The zero-order valence-corrected chi connectivity index (χ0v) is 8.98. The fraction of sp³-hybridized carbons (Fsp3) is 0.100. The minimum Gasteiger partial charge on any atom is -0.477 e. The molecule has 0 atom stereocenters. The van der Waals surface area contributed by atoms with E-state index in [4.69, 9.17) is 9.84 Å². The predicted molar refractivity (Wildman–Crippen MR) is 57.6 cm³/mol. The molecular formula is C10H8N2O3S. The van der Waals surface area contributed by atoms with Gasteiger partial charge in [0, 0.05) is 11.1 Å². The summed E-state index contributed by atoms with van der Waals surface area (Å²) in [4.78, 5) is 19.2. The molecule has 0 fully saturated rings. The number of rotatable bonds is 4. The number of nitrogens with zero attached hydrogens (tertiary/aromatic N) is 2. The molecule has 0 aliphatic rings. The molecule has 0 spiro atoms. The first-order valence-electron chi connectivity index (χ1n) is 4.47. The standard InChI is InChI=1S/C10H8N2O3S/c13-9(14)8-3-4-11-10(12-8)15-6-7-2-1-5-16-7/h1-5H,6H2,(H,13,14). The summed E-state index contributed by atoms with van der Waals surface area (Å²) >= 11 is 1.56. The SMILES string of the molecule is O=C(O)c1ccnc(OCc2cccs2)n1. The third-order valence-electron chi connectivity index (χ3n) is 1.78. The van der Waals surface area contributed by atoms with Crippen LogP contribution in [0.15, 0.2) is 29.8 Å². The monoisotopic (exact) mass is 236 g/mol. The van der Waals surface area contributed by atoms with Crippen LogP contribution in [0.3, 0.4) is 0 Å². The van der Waals surface area contributed by atoms with E-state index >= 15 is 0 Å². The number of aromatic carboxylic acids is 1. The lowest BCUT2D eigenvalue weighted by Crippen LogP contribution is -2.04. The van der Waals surface area contributed by atoms with Crippen LogP contribution in [-0.2, 0) is 6.61 Å². The Hall–Kier alpha value is -1.95. The molecule has 1 N–H and O–H groups in total. The summed E-state index contributed by atoms with van der Waals surface area (Å²) in [5.74, 6) is -1.09. The molecule has 0 saturated heterocycles. The second-order valence-corrected chi connectivity index (χ2v) is 3.93. The highest BCUT2D eigenvalue weighted by molar-refractivity contribution is 7.09. The quantitative estimate of drug-likeness (QED) is 0.876. The van der Waals surface area contributed by atoms with Crippen molar-refractivity contribution in [2.45, 2.75) is 6.61 Å². The van der Waals surface area contributed by atoms with Crippen LogP contribution in [0.4, 0.5) is 0 Å². The summed E-state index contributed by atoms with van der Waals surface area (Å²) in [6, 6.07) is 5.23. The normalized spacial score (nSPS) is 10.0. The number of aromatic nitrogens is 2. The number of thiophene rings is 1. The summed E-state index contributed by atoms with van der Waals surface area (Å²) < 4.78 is 5.27. The van der Waals surface area contributed by atoms with E-state index in [1.807, 2.05) is 17.5 Å². The van der Waals surface area contributed by atoms with Gasteiger partial charge in [-0.25, -0.2) is 9.78 Å². The lowest BCUT2D eigenvalue weighted by Gasteiger charge is -2.02. The fourth-order valence-electron chi connectivity index (χ4n) is 1.06. The molecular weight excluding hydrogens is 228 g/mol. The molecule has 0 bridgehead atoms. The van der Waals surface area contributed by atoms with Crippen molar-refractivity contribution in [1.29, 1.82) is 0 Å². The highest BCUT2D eigenvalue weighted by Crippen LogP contribution is 2.11. The zero-order valence-electron chi connectivity index (χ0n) is 8.16. The van der Waals surface area contributed by atoms with Crippen LogP contribution in [0.1, 0.15) is 15.4 Å². The Labute approximate surface area is 95.4 Å². The van der Waals surface area contributed by atoms with Gasteiger partial charge in [0.25, 0.3) is 0 Å². The lowest BCUT2D eigenvalue weighted by molar-refractivity contribution is 0.0688. The van der Waals surface area contributed by atoms with Crippen molar-refractivity contribution in [3.05, 3.63) is 40.3 Å². The van der Waals surface area contributed by atoms with Gasteiger partial charge in [0.15, 0.2) is 5.69 Å². The van der Waals surface area contributed by atoms with E-state index in [2.05, 4.69) is 9.97 Å². The Bertz CT molecular complexity index is 485. The van der Waals surface area contributed by atoms with Crippen molar-refractivity contribution in [1.82, 2.24) is 9.97 Å². The van der Waals surface area contributed by atoms with E-state index in [0.29, 0.717) is 6.61 Å². The molecule has 2 rings (SSSR count). The Morgan fingerprint density at radius 3 is 3.06 bits per heavy atom. The van der Waals surface area contributed by atoms with Gasteiger partial charge >= 0.3 is 12.0 Å². The van der Waals surface area contributed by atoms with Crippen LogP contribution < -0.4 is 4.74 Å². The number of carbonyl (C=O) groups is 1. The maximum atomic E-state index is 10.6. The van der Waals surface area contributed by atoms with Crippen molar-refractivity contribution in [2.75, 3.05) is 0 Å². The number of carboxylic acids is 1. The molecule has 6 heteroatoms. The molecule has 0 aromatic carbocycles. The van der Waals surface area contributed by atoms with E-state index in [1.54, 1.807) is 11.3 Å². The molecule has 5 nitrogen and oxygen atoms in total. The van der Waals surface area contributed by atoms with Crippen LogP contribution in [-0.4, -0.2) is 21.0 Å². The number of hydrogen-bond acceptors (Lipinski definition) is 5. The molecule has 2 heterocycles. The molecule has 2 aromatic heterocycles. The third-order valence-corrected chi connectivity index (χ3v) is 2.63. The van der Waals surface area contributed by atoms with Gasteiger partial charge in [-0.15, -0.1) is 11.3 Å². The van der Waals surface area contributed by atoms with Crippen molar-refractivity contribution in [3.63, 3.8) is 0 Å². The first kappa shape index (κ1) is 10.6. The smallest absolute Gasteiger partial charge is 0.354 e. The summed E-state index contributed by atoms with van der Waals surface area (Å²) in [7, 11) is 0. The Morgan fingerprint density at radius 2 is 2.38 bits per heavy atom. The average Bonchev–Trinajstić information content (AvgIpc) is 2.79. The summed E-state index contributed by atoms with van der Waals surface area (Å²) in [6.45, 7) is 0.348. The van der Waals surface area contributed by atoms with Crippen LogP contribution in [0.5, 0.6) is 6.01 Å². The average molecular weight is 236 g/mol. The molecule has 0 radical (unpaired) electrons. The van der Waals surface area contributed by atoms with Gasteiger partial charge < -0.3 is 9.84 Å². The number of carboxylic acid groups (broad SMARTS) is 1. The fourth-order valence-corrected chi connectivity index (χ4v) is 1.68. The highest BCUT2D eigenvalue weighted by Gasteiger charge is 2.07. The Balaban J connectivity index is 2.04. The lowest BCUT2D eigenvalue weighted by atomic mass is 10.4. The number of ether oxygens (including phenoxy) is 1. The molecule has 0 amide bonds. The van der Waals surface area contributed by atoms with Crippen molar-refractivity contribution >= 4 is 17.3 Å². The Morgan fingerprint density at radius 1 is 1.50 bits per heavy atom. The van der Waals surface area contributed by atoms with Gasteiger partial charge in [-0.1, -0.05) is 6.07 Å². The van der Waals surface area contributed by atoms with Gasteiger partial charge in [0.05, 0.1) is 0 Å². The van der Waals surface area contributed by atoms with E-state index in [0.717, 1.165) is 4.88 Å². The van der Waals surface area contributed by atoms with Crippen LogP contribution in [0.25, 0.3) is 0 Å². The van der Waals surface area contributed by atoms with Crippen molar-refractivity contribution in [2.24, 2.45) is 0 Å². The molecule has 2 aromatic rings. The topological polar surface area (TPSA) is 72.3 Å². The van der Waals surface area contributed by atoms with Gasteiger partial charge in [-0.2, -0.15) is 4.98 Å². The van der Waals surface area contributed by atoms with Crippen LogP contribution in [0.2, 0.25) is 0 Å².